The Kier molecular flexibility index (Phi) is 5.13. The van der Waals surface area contributed by atoms with E-state index in [0.29, 0.717) is 12.2 Å². The number of likely N-dealkylation sites (tertiary alicyclic amines) is 1. The van der Waals surface area contributed by atoms with Crippen molar-refractivity contribution in [3.05, 3.63) is 65.6 Å². The van der Waals surface area contributed by atoms with Gasteiger partial charge in [0.05, 0.1) is 12.3 Å². The second-order valence-electron chi connectivity index (χ2n) is 6.39. The van der Waals surface area contributed by atoms with Gasteiger partial charge in [-0.05, 0) is 38.1 Å². The molecule has 1 aromatic carbocycles. The van der Waals surface area contributed by atoms with Gasteiger partial charge in [0.15, 0.2) is 0 Å². The molecule has 134 valence electrons. The fraction of sp³-hybridized carbons (Fsp3) is 0.300. The summed E-state index contributed by atoms with van der Waals surface area (Å²) in [6.45, 7) is 2.59. The molecule has 1 atom stereocenters. The van der Waals surface area contributed by atoms with Crippen molar-refractivity contribution < 1.29 is 9.21 Å². The van der Waals surface area contributed by atoms with Crippen LogP contribution in [0.4, 0.5) is 0 Å². The molecule has 1 aliphatic rings. The molecule has 1 fully saturated rings. The number of amides is 1. The molecular weight excluding hydrogens is 346 g/mol. The number of benzene rings is 1. The second-order valence-corrected chi connectivity index (χ2v) is 7.25. The van der Waals surface area contributed by atoms with E-state index in [4.69, 9.17) is 4.42 Å². The van der Waals surface area contributed by atoms with E-state index in [1.807, 2.05) is 47.8 Å². The summed E-state index contributed by atoms with van der Waals surface area (Å²) in [5.74, 6) is 0.759. The average Bonchev–Trinajstić information content (AvgIpc) is 3.44. The first-order chi connectivity index (χ1) is 12.8. The Balaban J connectivity index is 1.43. The Labute approximate surface area is 156 Å². The van der Waals surface area contributed by atoms with E-state index < -0.39 is 0 Å². The Hall–Kier alpha value is -2.44. The second kappa shape index (κ2) is 7.85. The molecule has 1 N–H and O–H groups in total. The van der Waals surface area contributed by atoms with Crippen molar-refractivity contribution in [1.82, 2.24) is 15.2 Å². The number of nitrogens with zero attached hydrogens (tertiary/aromatic N) is 2. The molecule has 1 amide bonds. The van der Waals surface area contributed by atoms with Gasteiger partial charge >= 0.3 is 0 Å². The third-order valence-corrected chi connectivity index (χ3v) is 5.56. The Morgan fingerprint density at radius 1 is 1.19 bits per heavy atom. The molecule has 2 aromatic heterocycles. The van der Waals surface area contributed by atoms with E-state index in [1.54, 1.807) is 6.26 Å². The van der Waals surface area contributed by atoms with Crippen LogP contribution in [-0.4, -0.2) is 35.4 Å². The summed E-state index contributed by atoms with van der Waals surface area (Å²) in [4.78, 5) is 19.4. The number of carbonyl (C=O) groups is 1. The summed E-state index contributed by atoms with van der Waals surface area (Å²) < 4.78 is 5.60. The molecule has 3 aromatic rings. The van der Waals surface area contributed by atoms with Crippen LogP contribution >= 0.6 is 11.3 Å². The molecule has 3 heterocycles. The van der Waals surface area contributed by atoms with E-state index in [-0.39, 0.29) is 11.9 Å². The normalized spacial score (nSPS) is 15.8. The number of thiazole rings is 1. The van der Waals surface area contributed by atoms with Gasteiger partial charge < -0.3 is 9.73 Å². The SMILES string of the molecule is O=C(NC[C@@H](c1ccco1)N1CCCC1)c1csc(-c2ccccc2)n1. The van der Waals surface area contributed by atoms with Crippen molar-refractivity contribution in [2.75, 3.05) is 19.6 Å². The highest BCUT2D eigenvalue weighted by Crippen LogP contribution is 2.26. The van der Waals surface area contributed by atoms with E-state index >= 15 is 0 Å². The predicted octanol–water partition coefficient (Wildman–Crippen LogP) is 3.97. The van der Waals surface area contributed by atoms with Crippen LogP contribution in [0.2, 0.25) is 0 Å². The molecule has 5 nitrogen and oxygen atoms in total. The standard InChI is InChI=1S/C20H21N3O2S/c24-19(16-14-26-20(22-16)15-7-2-1-3-8-15)21-13-17(18-9-6-12-25-18)23-10-4-5-11-23/h1-3,6-9,12,14,17H,4-5,10-11,13H2,(H,21,24)/t17-/m0/s1. The number of hydrogen-bond acceptors (Lipinski definition) is 5. The minimum Gasteiger partial charge on any atom is -0.468 e. The lowest BCUT2D eigenvalue weighted by Gasteiger charge is -2.25. The number of rotatable bonds is 6. The van der Waals surface area contributed by atoms with Crippen LogP contribution in [0.3, 0.4) is 0 Å². The molecule has 0 aliphatic carbocycles. The average molecular weight is 367 g/mol. The van der Waals surface area contributed by atoms with Crippen LogP contribution in [0.5, 0.6) is 0 Å². The summed E-state index contributed by atoms with van der Waals surface area (Å²) in [6.07, 6.45) is 4.07. The zero-order valence-electron chi connectivity index (χ0n) is 14.4. The first-order valence-corrected chi connectivity index (χ1v) is 9.76. The van der Waals surface area contributed by atoms with Crippen molar-refractivity contribution in [2.24, 2.45) is 0 Å². The summed E-state index contributed by atoms with van der Waals surface area (Å²) in [5.41, 5.74) is 1.50. The van der Waals surface area contributed by atoms with Crippen LogP contribution in [0.25, 0.3) is 10.6 Å². The lowest BCUT2D eigenvalue weighted by Crippen LogP contribution is -2.36. The summed E-state index contributed by atoms with van der Waals surface area (Å²) in [5, 5.41) is 5.71. The fourth-order valence-electron chi connectivity index (χ4n) is 3.32. The molecule has 0 spiro atoms. The highest BCUT2D eigenvalue weighted by molar-refractivity contribution is 7.13. The van der Waals surface area contributed by atoms with Crippen LogP contribution in [0.1, 0.15) is 35.1 Å². The largest absolute Gasteiger partial charge is 0.468 e. The van der Waals surface area contributed by atoms with E-state index in [1.165, 1.54) is 24.2 Å². The predicted molar refractivity (Wildman–Crippen MR) is 102 cm³/mol. The van der Waals surface area contributed by atoms with Gasteiger partial charge in [-0.25, -0.2) is 4.98 Å². The molecular formula is C20H21N3O2S. The van der Waals surface area contributed by atoms with Gasteiger partial charge in [-0.3, -0.25) is 9.69 Å². The van der Waals surface area contributed by atoms with Gasteiger partial charge in [0.1, 0.15) is 16.5 Å². The Bertz CT molecular complexity index is 839. The highest BCUT2D eigenvalue weighted by Gasteiger charge is 2.26. The van der Waals surface area contributed by atoms with Gasteiger partial charge in [0.2, 0.25) is 0 Å². The number of carbonyl (C=O) groups excluding carboxylic acids is 1. The highest BCUT2D eigenvalue weighted by atomic mass is 32.1. The van der Waals surface area contributed by atoms with Gasteiger partial charge in [0, 0.05) is 17.5 Å². The van der Waals surface area contributed by atoms with E-state index in [0.717, 1.165) is 29.4 Å². The van der Waals surface area contributed by atoms with E-state index in [2.05, 4.69) is 15.2 Å². The molecule has 0 saturated carbocycles. The lowest BCUT2D eigenvalue weighted by atomic mass is 10.2. The van der Waals surface area contributed by atoms with Crippen molar-refractivity contribution >= 4 is 17.2 Å². The minimum absolute atomic E-state index is 0.0729. The third kappa shape index (κ3) is 3.71. The van der Waals surface area contributed by atoms with E-state index in [9.17, 15) is 4.79 Å². The van der Waals surface area contributed by atoms with Crippen LogP contribution in [0.15, 0.2) is 58.5 Å². The van der Waals surface area contributed by atoms with Crippen molar-refractivity contribution in [1.29, 1.82) is 0 Å². The molecule has 0 radical (unpaired) electrons. The zero-order chi connectivity index (χ0) is 17.8. The number of nitrogens with one attached hydrogen (secondary N) is 1. The number of hydrogen-bond donors (Lipinski definition) is 1. The minimum atomic E-state index is -0.140. The maximum Gasteiger partial charge on any atom is 0.270 e. The summed E-state index contributed by atoms with van der Waals surface area (Å²) in [7, 11) is 0. The Morgan fingerprint density at radius 2 is 2.00 bits per heavy atom. The van der Waals surface area contributed by atoms with Crippen molar-refractivity contribution in [3.63, 3.8) is 0 Å². The van der Waals surface area contributed by atoms with Gasteiger partial charge in [0.25, 0.3) is 5.91 Å². The smallest absolute Gasteiger partial charge is 0.270 e. The molecule has 0 unspecified atom stereocenters. The van der Waals surface area contributed by atoms with Gasteiger partial charge in [-0.15, -0.1) is 11.3 Å². The lowest BCUT2D eigenvalue weighted by molar-refractivity contribution is 0.0929. The summed E-state index contributed by atoms with van der Waals surface area (Å²) in [6, 6.07) is 13.9. The maximum absolute atomic E-state index is 12.6. The zero-order valence-corrected chi connectivity index (χ0v) is 15.2. The first kappa shape index (κ1) is 17.0. The first-order valence-electron chi connectivity index (χ1n) is 8.88. The third-order valence-electron chi connectivity index (χ3n) is 4.67. The van der Waals surface area contributed by atoms with Crippen LogP contribution in [0, 0.1) is 0 Å². The van der Waals surface area contributed by atoms with Gasteiger partial charge in [-0.2, -0.15) is 0 Å². The van der Waals surface area contributed by atoms with Crippen LogP contribution < -0.4 is 5.32 Å². The number of furan rings is 1. The molecule has 0 bridgehead atoms. The maximum atomic E-state index is 12.6. The number of aromatic nitrogens is 1. The molecule has 6 heteroatoms. The molecule has 4 rings (SSSR count). The molecule has 26 heavy (non-hydrogen) atoms. The topological polar surface area (TPSA) is 58.4 Å². The summed E-state index contributed by atoms with van der Waals surface area (Å²) >= 11 is 1.49. The van der Waals surface area contributed by atoms with Gasteiger partial charge in [-0.1, -0.05) is 30.3 Å². The fourth-order valence-corrected chi connectivity index (χ4v) is 4.12. The van der Waals surface area contributed by atoms with Crippen LogP contribution in [-0.2, 0) is 0 Å². The van der Waals surface area contributed by atoms with Crippen molar-refractivity contribution in [3.8, 4) is 10.6 Å². The Morgan fingerprint density at radius 3 is 2.73 bits per heavy atom. The molecule has 1 saturated heterocycles. The quantitative estimate of drug-likeness (QED) is 0.716. The monoisotopic (exact) mass is 367 g/mol. The van der Waals surface area contributed by atoms with Crippen molar-refractivity contribution in [2.45, 2.75) is 18.9 Å². The molecule has 1 aliphatic heterocycles.